The molecule has 0 aliphatic carbocycles. The van der Waals surface area contributed by atoms with E-state index in [4.69, 9.17) is 4.74 Å². The largest absolute Gasteiger partial charge is 0.477 e. The van der Waals surface area contributed by atoms with Crippen LogP contribution in [-0.4, -0.2) is 24.7 Å². The Balaban J connectivity index is 2.70. The van der Waals surface area contributed by atoms with Gasteiger partial charge in [0.1, 0.15) is 0 Å². The molecule has 1 rings (SSSR count). The van der Waals surface area contributed by atoms with Crippen LogP contribution in [0.2, 0.25) is 0 Å². The topological polar surface area (TPSA) is 48.4 Å². The van der Waals surface area contributed by atoms with Gasteiger partial charge in [0.2, 0.25) is 5.88 Å². The Labute approximate surface area is 89.2 Å². The smallest absolute Gasteiger partial charge is 0.338 e. The monoisotopic (exact) mass is 209 g/mol. The van der Waals surface area contributed by atoms with Gasteiger partial charge in [-0.05, 0) is 12.0 Å². The highest BCUT2D eigenvalue weighted by atomic mass is 16.5. The normalized spacial score (nSPS) is 10.1. The maximum atomic E-state index is 11.2. The van der Waals surface area contributed by atoms with E-state index < -0.39 is 0 Å². The molecule has 82 valence electrons. The fourth-order valence-corrected chi connectivity index (χ4v) is 0.985. The van der Waals surface area contributed by atoms with Gasteiger partial charge in [-0.15, -0.1) is 0 Å². The summed E-state index contributed by atoms with van der Waals surface area (Å²) in [6.45, 7) is 4.67. The molecule has 0 spiro atoms. The van der Waals surface area contributed by atoms with Crippen molar-refractivity contribution in [3.8, 4) is 5.88 Å². The molecule has 0 saturated heterocycles. The van der Waals surface area contributed by atoms with Gasteiger partial charge in [-0.3, -0.25) is 0 Å². The molecule has 0 atom stereocenters. The van der Waals surface area contributed by atoms with Gasteiger partial charge in [0.15, 0.2) is 0 Å². The van der Waals surface area contributed by atoms with Crippen molar-refractivity contribution in [2.24, 2.45) is 5.92 Å². The van der Waals surface area contributed by atoms with Crippen LogP contribution in [0.3, 0.4) is 0 Å². The van der Waals surface area contributed by atoms with Crippen molar-refractivity contribution < 1.29 is 14.3 Å². The summed E-state index contributed by atoms with van der Waals surface area (Å²) in [5.41, 5.74) is 0.450. The van der Waals surface area contributed by atoms with E-state index in [0.29, 0.717) is 24.0 Å². The summed E-state index contributed by atoms with van der Waals surface area (Å²) in [5, 5.41) is 0. The number of carbonyl (C=O) groups excluding carboxylic acids is 1. The van der Waals surface area contributed by atoms with E-state index in [9.17, 15) is 4.79 Å². The minimum Gasteiger partial charge on any atom is -0.477 e. The second kappa shape index (κ2) is 5.34. The second-order valence-corrected chi connectivity index (χ2v) is 3.58. The number of pyridine rings is 1. The van der Waals surface area contributed by atoms with Gasteiger partial charge >= 0.3 is 5.97 Å². The number of carbonyl (C=O) groups is 1. The molecule has 0 radical (unpaired) electrons. The third kappa shape index (κ3) is 3.58. The molecule has 0 unspecified atom stereocenters. The highest BCUT2D eigenvalue weighted by Gasteiger charge is 2.07. The third-order valence-electron chi connectivity index (χ3n) is 1.72. The highest BCUT2D eigenvalue weighted by molar-refractivity contribution is 5.89. The standard InChI is InChI=1S/C11H15NO3/c1-8(2)7-15-10-6-9(4-5-12-10)11(13)14-3/h4-6,8H,7H2,1-3H3. The van der Waals surface area contributed by atoms with E-state index >= 15 is 0 Å². The lowest BCUT2D eigenvalue weighted by molar-refractivity contribution is 0.0600. The van der Waals surface area contributed by atoms with Crippen molar-refractivity contribution in [2.75, 3.05) is 13.7 Å². The molecule has 1 aromatic heterocycles. The lowest BCUT2D eigenvalue weighted by atomic mass is 10.2. The van der Waals surface area contributed by atoms with Gasteiger partial charge < -0.3 is 9.47 Å². The van der Waals surface area contributed by atoms with Crippen molar-refractivity contribution >= 4 is 5.97 Å². The molecule has 1 heterocycles. The number of ether oxygens (including phenoxy) is 2. The average Bonchev–Trinajstić information content (AvgIpc) is 2.25. The van der Waals surface area contributed by atoms with Crippen molar-refractivity contribution in [2.45, 2.75) is 13.8 Å². The maximum Gasteiger partial charge on any atom is 0.338 e. The SMILES string of the molecule is COC(=O)c1ccnc(OCC(C)C)c1. The Morgan fingerprint density at radius 3 is 2.87 bits per heavy atom. The van der Waals surface area contributed by atoms with Crippen LogP contribution in [-0.2, 0) is 4.74 Å². The highest BCUT2D eigenvalue weighted by Crippen LogP contribution is 2.11. The van der Waals surface area contributed by atoms with Crippen LogP contribution in [0.1, 0.15) is 24.2 Å². The minimum atomic E-state index is -0.383. The zero-order chi connectivity index (χ0) is 11.3. The quantitative estimate of drug-likeness (QED) is 0.710. The molecule has 0 aliphatic rings. The van der Waals surface area contributed by atoms with Gasteiger partial charge in [-0.25, -0.2) is 9.78 Å². The summed E-state index contributed by atoms with van der Waals surface area (Å²) in [6.07, 6.45) is 1.53. The van der Waals surface area contributed by atoms with Gasteiger partial charge in [0.05, 0.1) is 19.3 Å². The van der Waals surface area contributed by atoms with E-state index in [1.54, 1.807) is 12.1 Å². The van der Waals surface area contributed by atoms with E-state index in [0.717, 1.165) is 0 Å². The molecule has 0 fully saturated rings. The van der Waals surface area contributed by atoms with Gasteiger partial charge in [-0.2, -0.15) is 0 Å². The van der Waals surface area contributed by atoms with Crippen LogP contribution in [0.4, 0.5) is 0 Å². The first-order valence-corrected chi connectivity index (χ1v) is 4.80. The fraction of sp³-hybridized carbons (Fsp3) is 0.455. The van der Waals surface area contributed by atoms with Crippen LogP contribution in [0.5, 0.6) is 5.88 Å². The van der Waals surface area contributed by atoms with Crippen LogP contribution in [0, 0.1) is 5.92 Å². The molecule has 0 saturated carbocycles. The number of methoxy groups -OCH3 is 1. The fourth-order valence-electron chi connectivity index (χ4n) is 0.985. The molecule has 0 aliphatic heterocycles. The first-order chi connectivity index (χ1) is 7.13. The number of hydrogen-bond acceptors (Lipinski definition) is 4. The molecular weight excluding hydrogens is 194 g/mol. The molecule has 0 aromatic carbocycles. The van der Waals surface area contributed by atoms with Crippen LogP contribution in [0.25, 0.3) is 0 Å². The molecule has 4 heteroatoms. The summed E-state index contributed by atoms with van der Waals surface area (Å²) in [6, 6.07) is 3.17. The van der Waals surface area contributed by atoms with Crippen LogP contribution >= 0.6 is 0 Å². The van der Waals surface area contributed by atoms with Gasteiger partial charge in [-0.1, -0.05) is 13.8 Å². The first kappa shape index (κ1) is 11.5. The Kier molecular flexibility index (Phi) is 4.09. The van der Waals surface area contributed by atoms with Crippen molar-refractivity contribution in [3.63, 3.8) is 0 Å². The summed E-state index contributed by atoms with van der Waals surface area (Å²) in [7, 11) is 1.34. The van der Waals surface area contributed by atoms with Crippen LogP contribution < -0.4 is 4.74 Å². The molecule has 4 nitrogen and oxygen atoms in total. The zero-order valence-electron chi connectivity index (χ0n) is 9.19. The lowest BCUT2D eigenvalue weighted by Crippen LogP contribution is -2.07. The average molecular weight is 209 g/mol. The maximum absolute atomic E-state index is 11.2. The number of nitrogens with zero attached hydrogens (tertiary/aromatic N) is 1. The van der Waals surface area contributed by atoms with E-state index in [-0.39, 0.29) is 5.97 Å². The van der Waals surface area contributed by atoms with E-state index in [2.05, 4.69) is 9.72 Å². The summed E-state index contributed by atoms with van der Waals surface area (Å²) in [4.78, 5) is 15.2. The minimum absolute atomic E-state index is 0.383. The van der Waals surface area contributed by atoms with Crippen LogP contribution in [0.15, 0.2) is 18.3 Å². The molecule has 0 bridgehead atoms. The lowest BCUT2D eigenvalue weighted by Gasteiger charge is -2.07. The Morgan fingerprint density at radius 2 is 2.27 bits per heavy atom. The van der Waals surface area contributed by atoms with E-state index in [1.165, 1.54) is 13.3 Å². The number of hydrogen-bond donors (Lipinski definition) is 0. The Morgan fingerprint density at radius 1 is 1.53 bits per heavy atom. The van der Waals surface area contributed by atoms with Crippen molar-refractivity contribution in [1.82, 2.24) is 4.98 Å². The van der Waals surface area contributed by atoms with Crippen molar-refractivity contribution in [3.05, 3.63) is 23.9 Å². The summed E-state index contributed by atoms with van der Waals surface area (Å²) in [5.74, 6) is 0.493. The first-order valence-electron chi connectivity index (χ1n) is 4.80. The van der Waals surface area contributed by atoms with Crippen molar-refractivity contribution in [1.29, 1.82) is 0 Å². The second-order valence-electron chi connectivity index (χ2n) is 3.58. The molecule has 15 heavy (non-hydrogen) atoms. The van der Waals surface area contributed by atoms with E-state index in [1.807, 2.05) is 13.8 Å². The summed E-state index contributed by atoms with van der Waals surface area (Å²) < 4.78 is 9.98. The number of esters is 1. The summed E-state index contributed by atoms with van der Waals surface area (Å²) >= 11 is 0. The number of rotatable bonds is 4. The number of aromatic nitrogens is 1. The van der Waals surface area contributed by atoms with Gasteiger partial charge in [0, 0.05) is 12.3 Å². The zero-order valence-corrected chi connectivity index (χ0v) is 9.19. The third-order valence-corrected chi connectivity index (χ3v) is 1.72. The molecule has 0 amide bonds. The molecule has 1 aromatic rings. The van der Waals surface area contributed by atoms with Gasteiger partial charge in [0.25, 0.3) is 0 Å². The predicted molar refractivity (Wildman–Crippen MR) is 55.9 cm³/mol. The molecule has 0 N–H and O–H groups in total. The predicted octanol–water partition coefficient (Wildman–Crippen LogP) is 1.90. The Bertz CT molecular complexity index is 336. The molecular formula is C11H15NO3. The Hall–Kier alpha value is -1.58.